The fraction of sp³-hybridized carbons (Fsp3) is 0.625. The monoisotopic (exact) mass is 217 g/mol. The molecule has 0 atom stereocenters. The van der Waals surface area contributed by atoms with Crippen molar-refractivity contribution in [2.75, 3.05) is 0 Å². The summed E-state index contributed by atoms with van der Waals surface area (Å²) in [6.07, 6.45) is 10.4. The number of benzene rings is 1. The van der Waals surface area contributed by atoms with Gasteiger partial charge in [-0.25, -0.2) is 0 Å². The average Bonchev–Trinajstić information content (AvgIpc) is 2.33. The maximum Gasteiger partial charge on any atom is -0.0146 e. The summed E-state index contributed by atoms with van der Waals surface area (Å²) in [6.45, 7) is 4.52. The standard InChI is InChI=1S/C16H25/c1-3-5-7-8-12-16-14-10-9-13-15(16)11-6-4-2/h9-10,13H,3-8,11-12H2,1-2H3. The van der Waals surface area contributed by atoms with Crippen LogP contribution in [0.15, 0.2) is 18.2 Å². The number of aryl methyl sites for hydroxylation is 2. The lowest BCUT2D eigenvalue weighted by Crippen LogP contribution is -1.95. The number of hydrogen-bond acceptors (Lipinski definition) is 0. The molecule has 0 fully saturated rings. The zero-order valence-corrected chi connectivity index (χ0v) is 10.9. The van der Waals surface area contributed by atoms with Crippen molar-refractivity contribution in [1.29, 1.82) is 0 Å². The lowest BCUT2D eigenvalue weighted by Gasteiger charge is -2.08. The molecular formula is C16H25. The normalized spacial score (nSPS) is 10.6. The Kier molecular flexibility index (Phi) is 6.96. The van der Waals surface area contributed by atoms with Gasteiger partial charge in [0.05, 0.1) is 0 Å². The second-order valence-electron chi connectivity index (χ2n) is 4.59. The van der Waals surface area contributed by atoms with Gasteiger partial charge in [0.2, 0.25) is 0 Å². The van der Waals surface area contributed by atoms with Gasteiger partial charge in [-0.3, -0.25) is 0 Å². The Hall–Kier alpha value is -0.780. The van der Waals surface area contributed by atoms with Crippen molar-refractivity contribution in [1.82, 2.24) is 0 Å². The van der Waals surface area contributed by atoms with Crippen LogP contribution in [-0.4, -0.2) is 0 Å². The Morgan fingerprint density at radius 2 is 1.75 bits per heavy atom. The molecule has 0 heterocycles. The second kappa shape index (κ2) is 8.38. The molecule has 1 rings (SSSR count). The quantitative estimate of drug-likeness (QED) is 0.540. The first-order valence-electron chi connectivity index (χ1n) is 6.87. The van der Waals surface area contributed by atoms with E-state index < -0.39 is 0 Å². The SMILES string of the molecule is CCCCCCc1[c]cccc1CCCC. The fourth-order valence-electron chi connectivity index (χ4n) is 2.07. The van der Waals surface area contributed by atoms with Gasteiger partial charge in [-0.1, -0.05) is 57.7 Å². The van der Waals surface area contributed by atoms with Crippen LogP contribution >= 0.6 is 0 Å². The van der Waals surface area contributed by atoms with Crippen molar-refractivity contribution < 1.29 is 0 Å². The first kappa shape index (κ1) is 13.3. The molecule has 0 saturated carbocycles. The lowest BCUT2D eigenvalue weighted by molar-refractivity contribution is 0.662. The van der Waals surface area contributed by atoms with E-state index in [4.69, 9.17) is 0 Å². The smallest absolute Gasteiger partial charge is 0.0146 e. The van der Waals surface area contributed by atoms with E-state index in [-0.39, 0.29) is 0 Å². The number of unbranched alkanes of at least 4 members (excludes halogenated alkanes) is 4. The third kappa shape index (κ3) is 4.83. The van der Waals surface area contributed by atoms with Crippen molar-refractivity contribution in [2.45, 2.75) is 65.2 Å². The molecule has 0 aliphatic rings. The summed E-state index contributed by atoms with van der Waals surface area (Å²) >= 11 is 0. The van der Waals surface area contributed by atoms with E-state index in [1.165, 1.54) is 62.5 Å². The average molecular weight is 217 g/mol. The molecule has 0 spiro atoms. The third-order valence-corrected chi connectivity index (χ3v) is 3.12. The van der Waals surface area contributed by atoms with Gasteiger partial charge in [0.1, 0.15) is 0 Å². The summed E-state index contributed by atoms with van der Waals surface area (Å²) in [6, 6.07) is 9.89. The van der Waals surface area contributed by atoms with E-state index in [2.05, 4.69) is 38.1 Å². The van der Waals surface area contributed by atoms with Crippen molar-refractivity contribution in [3.8, 4) is 0 Å². The minimum absolute atomic E-state index is 1.22. The summed E-state index contributed by atoms with van der Waals surface area (Å²) in [5.74, 6) is 0. The first-order valence-corrected chi connectivity index (χ1v) is 6.87. The van der Waals surface area contributed by atoms with Crippen LogP contribution in [-0.2, 0) is 12.8 Å². The van der Waals surface area contributed by atoms with Crippen LogP contribution < -0.4 is 0 Å². The van der Waals surface area contributed by atoms with Crippen molar-refractivity contribution in [3.05, 3.63) is 35.4 Å². The molecule has 16 heavy (non-hydrogen) atoms. The number of hydrogen-bond donors (Lipinski definition) is 0. The van der Waals surface area contributed by atoms with Crippen molar-refractivity contribution in [3.63, 3.8) is 0 Å². The van der Waals surface area contributed by atoms with Crippen molar-refractivity contribution >= 4 is 0 Å². The van der Waals surface area contributed by atoms with Gasteiger partial charge in [0, 0.05) is 0 Å². The van der Waals surface area contributed by atoms with Gasteiger partial charge in [0.25, 0.3) is 0 Å². The topological polar surface area (TPSA) is 0 Å². The molecule has 1 aromatic rings. The molecule has 0 nitrogen and oxygen atoms in total. The van der Waals surface area contributed by atoms with Crippen LogP contribution in [0, 0.1) is 6.07 Å². The molecule has 89 valence electrons. The number of rotatable bonds is 8. The molecule has 0 aliphatic carbocycles. The summed E-state index contributed by atoms with van der Waals surface area (Å²) in [4.78, 5) is 0. The van der Waals surface area contributed by atoms with Crippen LogP contribution in [0.1, 0.15) is 63.5 Å². The van der Waals surface area contributed by atoms with Gasteiger partial charge in [0.15, 0.2) is 0 Å². The highest BCUT2D eigenvalue weighted by Crippen LogP contribution is 2.15. The summed E-state index contributed by atoms with van der Waals surface area (Å²) in [7, 11) is 0. The Morgan fingerprint density at radius 1 is 0.938 bits per heavy atom. The molecule has 0 amide bonds. The summed E-state index contributed by atoms with van der Waals surface area (Å²) in [5.41, 5.74) is 2.99. The molecule has 0 aromatic heterocycles. The highest BCUT2D eigenvalue weighted by Gasteiger charge is 2.01. The largest absolute Gasteiger partial charge is 0.0654 e. The highest BCUT2D eigenvalue weighted by atomic mass is 14.1. The van der Waals surface area contributed by atoms with Crippen LogP contribution in [0.25, 0.3) is 0 Å². The maximum atomic E-state index is 3.42. The minimum Gasteiger partial charge on any atom is -0.0654 e. The van der Waals surface area contributed by atoms with Gasteiger partial charge in [-0.15, -0.1) is 0 Å². The van der Waals surface area contributed by atoms with E-state index >= 15 is 0 Å². The Labute approximate surface area is 101 Å². The molecule has 0 unspecified atom stereocenters. The van der Waals surface area contributed by atoms with E-state index in [0.717, 1.165) is 0 Å². The van der Waals surface area contributed by atoms with Gasteiger partial charge >= 0.3 is 0 Å². The first-order chi connectivity index (χ1) is 7.88. The molecule has 1 aromatic carbocycles. The third-order valence-electron chi connectivity index (χ3n) is 3.12. The second-order valence-corrected chi connectivity index (χ2v) is 4.59. The molecule has 0 saturated heterocycles. The van der Waals surface area contributed by atoms with Crippen LogP contribution in [0.5, 0.6) is 0 Å². The predicted octanol–water partition coefficient (Wildman–Crippen LogP) is 4.95. The van der Waals surface area contributed by atoms with Crippen LogP contribution in [0.2, 0.25) is 0 Å². The molecular weight excluding hydrogens is 192 g/mol. The van der Waals surface area contributed by atoms with Crippen LogP contribution in [0.4, 0.5) is 0 Å². The maximum absolute atomic E-state index is 3.42. The molecule has 0 aliphatic heterocycles. The fourth-order valence-corrected chi connectivity index (χ4v) is 2.07. The van der Waals surface area contributed by atoms with Crippen LogP contribution in [0.3, 0.4) is 0 Å². The minimum atomic E-state index is 1.22. The van der Waals surface area contributed by atoms with Crippen molar-refractivity contribution in [2.24, 2.45) is 0 Å². The van der Waals surface area contributed by atoms with Gasteiger partial charge in [-0.05, 0) is 42.9 Å². The summed E-state index contributed by atoms with van der Waals surface area (Å²) in [5, 5.41) is 0. The Balaban J connectivity index is 2.43. The Morgan fingerprint density at radius 3 is 2.50 bits per heavy atom. The predicted molar refractivity (Wildman–Crippen MR) is 71.7 cm³/mol. The zero-order chi connectivity index (χ0) is 11.6. The molecule has 0 heteroatoms. The van der Waals surface area contributed by atoms with E-state index in [9.17, 15) is 0 Å². The zero-order valence-electron chi connectivity index (χ0n) is 10.9. The molecule has 1 radical (unpaired) electrons. The summed E-state index contributed by atoms with van der Waals surface area (Å²) < 4.78 is 0. The van der Waals surface area contributed by atoms with E-state index in [1.807, 2.05) is 0 Å². The highest BCUT2D eigenvalue weighted by molar-refractivity contribution is 5.26. The van der Waals surface area contributed by atoms with Gasteiger partial charge in [-0.2, -0.15) is 0 Å². The van der Waals surface area contributed by atoms with Gasteiger partial charge < -0.3 is 0 Å². The molecule has 0 bridgehead atoms. The molecule has 0 N–H and O–H groups in total. The Bertz CT molecular complexity index is 275. The van der Waals surface area contributed by atoms with E-state index in [0.29, 0.717) is 0 Å². The van der Waals surface area contributed by atoms with E-state index in [1.54, 1.807) is 0 Å². The lowest BCUT2D eigenvalue weighted by atomic mass is 9.97.